The molecule has 84 valence electrons. The number of rotatable bonds is 2. The fraction of sp³-hybridized carbons (Fsp3) is 0. The number of hydrogen-bond acceptors (Lipinski definition) is 6. The normalized spacial score (nSPS) is 10.6. The lowest BCUT2D eigenvalue weighted by molar-refractivity contribution is 0.428. The van der Waals surface area contributed by atoms with Crippen molar-refractivity contribution in [1.82, 2.24) is 15.1 Å². The maximum absolute atomic E-state index is 5.54. The summed E-state index contributed by atoms with van der Waals surface area (Å²) in [5.41, 5.74) is 6.70. The van der Waals surface area contributed by atoms with E-state index in [2.05, 4.69) is 15.1 Å². The first-order valence-corrected chi connectivity index (χ1v) is 4.92. The number of anilines is 1. The summed E-state index contributed by atoms with van der Waals surface area (Å²) in [4.78, 5) is 8.27. The van der Waals surface area contributed by atoms with E-state index in [9.17, 15) is 0 Å². The average molecular weight is 228 g/mol. The van der Waals surface area contributed by atoms with E-state index in [0.717, 1.165) is 0 Å². The molecule has 17 heavy (non-hydrogen) atoms. The molecule has 0 bridgehead atoms. The highest BCUT2D eigenvalue weighted by Gasteiger charge is 2.12. The Morgan fingerprint density at radius 2 is 2.12 bits per heavy atom. The van der Waals surface area contributed by atoms with Crippen molar-refractivity contribution in [3.8, 4) is 23.2 Å². The first-order valence-electron chi connectivity index (χ1n) is 4.92. The van der Waals surface area contributed by atoms with Crippen LogP contribution in [-0.4, -0.2) is 15.1 Å². The van der Waals surface area contributed by atoms with E-state index in [1.165, 1.54) is 6.20 Å². The Kier molecular flexibility index (Phi) is 2.11. The fourth-order valence-electron chi connectivity index (χ4n) is 1.37. The third-order valence-electron chi connectivity index (χ3n) is 2.17. The topological polar surface area (TPSA) is 91.0 Å². The molecule has 0 spiro atoms. The van der Waals surface area contributed by atoms with E-state index in [1.807, 2.05) is 0 Å². The molecule has 3 aromatic rings. The van der Waals surface area contributed by atoms with Gasteiger partial charge in [0.2, 0.25) is 5.82 Å². The van der Waals surface area contributed by atoms with Gasteiger partial charge in [-0.3, -0.25) is 0 Å². The van der Waals surface area contributed by atoms with Crippen LogP contribution in [0.25, 0.3) is 23.2 Å². The van der Waals surface area contributed by atoms with Gasteiger partial charge in [0.15, 0.2) is 5.76 Å². The second-order valence-corrected chi connectivity index (χ2v) is 3.38. The molecule has 0 fully saturated rings. The molecule has 0 atom stereocenters. The average Bonchev–Trinajstić information content (AvgIpc) is 3.00. The lowest BCUT2D eigenvalue weighted by Gasteiger charge is -1.93. The first-order chi connectivity index (χ1) is 8.33. The predicted octanol–water partition coefficient (Wildman–Crippen LogP) is 1.97. The minimum atomic E-state index is 0.330. The van der Waals surface area contributed by atoms with Gasteiger partial charge in [-0.2, -0.15) is 4.98 Å². The van der Waals surface area contributed by atoms with Gasteiger partial charge < -0.3 is 14.7 Å². The van der Waals surface area contributed by atoms with Crippen LogP contribution >= 0.6 is 0 Å². The van der Waals surface area contributed by atoms with Gasteiger partial charge in [-0.05, 0) is 24.3 Å². The van der Waals surface area contributed by atoms with Crippen LogP contribution in [0.5, 0.6) is 0 Å². The van der Waals surface area contributed by atoms with Crippen LogP contribution in [0.2, 0.25) is 0 Å². The van der Waals surface area contributed by atoms with E-state index in [0.29, 0.717) is 28.9 Å². The van der Waals surface area contributed by atoms with Gasteiger partial charge in [-0.25, -0.2) is 4.98 Å². The molecule has 0 aromatic carbocycles. The minimum absolute atomic E-state index is 0.330. The molecule has 3 aromatic heterocycles. The molecule has 0 aliphatic heterocycles. The van der Waals surface area contributed by atoms with Crippen molar-refractivity contribution < 1.29 is 8.94 Å². The van der Waals surface area contributed by atoms with E-state index >= 15 is 0 Å². The largest absolute Gasteiger partial charge is 0.461 e. The van der Waals surface area contributed by atoms with Crippen molar-refractivity contribution in [2.45, 2.75) is 0 Å². The van der Waals surface area contributed by atoms with Crippen molar-refractivity contribution in [1.29, 1.82) is 0 Å². The Labute approximate surface area is 96.1 Å². The van der Waals surface area contributed by atoms with Crippen LogP contribution in [0.4, 0.5) is 5.69 Å². The Balaban J connectivity index is 1.98. The van der Waals surface area contributed by atoms with Gasteiger partial charge in [-0.15, -0.1) is 0 Å². The van der Waals surface area contributed by atoms with E-state index in [4.69, 9.17) is 14.7 Å². The molecule has 0 saturated carbocycles. The smallest absolute Gasteiger partial charge is 0.276 e. The lowest BCUT2D eigenvalue weighted by atomic mass is 10.3. The van der Waals surface area contributed by atoms with Gasteiger partial charge in [0.1, 0.15) is 5.69 Å². The highest BCUT2D eigenvalue weighted by Crippen LogP contribution is 2.21. The summed E-state index contributed by atoms with van der Waals surface area (Å²) in [7, 11) is 0. The number of nitrogens with two attached hydrogens (primary N) is 1. The molecule has 0 aliphatic carbocycles. The van der Waals surface area contributed by atoms with Crippen LogP contribution in [0.15, 0.2) is 45.7 Å². The summed E-state index contributed by atoms with van der Waals surface area (Å²) in [5.74, 6) is 1.27. The molecular formula is C11H8N4O2. The summed E-state index contributed by atoms with van der Waals surface area (Å²) in [6, 6.07) is 6.95. The molecule has 0 saturated heterocycles. The van der Waals surface area contributed by atoms with E-state index in [1.54, 1.807) is 30.5 Å². The SMILES string of the molecule is Nc1ccc(-c2nc(-c3ccco3)no2)nc1. The zero-order valence-corrected chi connectivity index (χ0v) is 8.70. The molecule has 3 rings (SSSR count). The highest BCUT2D eigenvalue weighted by atomic mass is 16.5. The van der Waals surface area contributed by atoms with Gasteiger partial charge >= 0.3 is 0 Å². The molecule has 0 aliphatic rings. The molecule has 0 unspecified atom stereocenters. The van der Waals surface area contributed by atoms with Gasteiger partial charge in [0, 0.05) is 0 Å². The monoisotopic (exact) mass is 228 g/mol. The van der Waals surface area contributed by atoms with Crippen molar-refractivity contribution in [2.75, 3.05) is 5.73 Å². The van der Waals surface area contributed by atoms with Crippen molar-refractivity contribution in [3.05, 3.63) is 36.7 Å². The number of furan rings is 1. The zero-order chi connectivity index (χ0) is 11.7. The molecule has 6 nitrogen and oxygen atoms in total. The summed E-state index contributed by atoms with van der Waals surface area (Å²) in [6.07, 6.45) is 3.08. The van der Waals surface area contributed by atoms with Crippen molar-refractivity contribution >= 4 is 5.69 Å². The number of nitrogens with zero attached hydrogens (tertiary/aromatic N) is 3. The van der Waals surface area contributed by atoms with E-state index < -0.39 is 0 Å². The second-order valence-electron chi connectivity index (χ2n) is 3.38. The van der Waals surface area contributed by atoms with Crippen LogP contribution < -0.4 is 5.73 Å². The number of nitrogen functional groups attached to an aromatic ring is 1. The standard InChI is InChI=1S/C11H8N4O2/c12-7-3-4-8(13-6-7)11-14-10(15-17-11)9-2-1-5-16-9/h1-6H,12H2. The molecular weight excluding hydrogens is 220 g/mol. The predicted molar refractivity (Wildman–Crippen MR) is 59.6 cm³/mol. The maximum Gasteiger partial charge on any atom is 0.276 e. The Bertz CT molecular complexity index is 613. The Morgan fingerprint density at radius 1 is 1.18 bits per heavy atom. The van der Waals surface area contributed by atoms with Crippen molar-refractivity contribution in [3.63, 3.8) is 0 Å². The number of aromatic nitrogens is 3. The number of pyridine rings is 1. The van der Waals surface area contributed by atoms with Crippen molar-refractivity contribution in [2.24, 2.45) is 0 Å². The highest BCUT2D eigenvalue weighted by molar-refractivity contribution is 5.54. The quantitative estimate of drug-likeness (QED) is 0.721. The van der Waals surface area contributed by atoms with Crippen LogP contribution in [0.1, 0.15) is 0 Å². The molecule has 0 amide bonds. The summed E-state index contributed by atoms with van der Waals surface area (Å²) in [5, 5.41) is 3.81. The first kappa shape index (κ1) is 9.59. The lowest BCUT2D eigenvalue weighted by Crippen LogP contribution is -1.88. The summed E-state index contributed by atoms with van der Waals surface area (Å²) >= 11 is 0. The van der Waals surface area contributed by atoms with Crippen LogP contribution in [-0.2, 0) is 0 Å². The van der Waals surface area contributed by atoms with Crippen LogP contribution in [0, 0.1) is 0 Å². The van der Waals surface area contributed by atoms with Gasteiger partial charge in [0.25, 0.3) is 5.89 Å². The third-order valence-corrected chi connectivity index (χ3v) is 2.17. The fourth-order valence-corrected chi connectivity index (χ4v) is 1.37. The minimum Gasteiger partial charge on any atom is -0.461 e. The van der Waals surface area contributed by atoms with Gasteiger partial charge in [-0.1, -0.05) is 5.16 Å². The maximum atomic E-state index is 5.54. The third kappa shape index (κ3) is 1.76. The molecule has 3 heterocycles. The Hall–Kier alpha value is -2.63. The second kappa shape index (κ2) is 3.75. The molecule has 2 N–H and O–H groups in total. The zero-order valence-electron chi connectivity index (χ0n) is 8.70. The van der Waals surface area contributed by atoms with Crippen LogP contribution in [0.3, 0.4) is 0 Å². The Morgan fingerprint density at radius 3 is 2.82 bits per heavy atom. The molecule has 0 radical (unpaired) electrons. The van der Waals surface area contributed by atoms with Gasteiger partial charge in [0.05, 0.1) is 18.1 Å². The van der Waals surface area contributed by atoms with E-state index in [-0.39, 0.29) is 0 Å². The summed E-state index contributed by atoms with van der Waals surface area (Å²) < 4.78 is 10.3. The summed E-state index contributed by atoms with van der Waals surface area (Å²) in [6.45, 7) is 0. The molecule has 6 heteroatoms. The number of hydrogen-bond donors (Lipinski definition) is 1.